The summed E-state index contributed by atoms with van der Waals surface area (Å²) in [4.78, 5) is 25.5. The van der Waals surface area contributed by atoms with Gasteiger partial charge in [0.2, 0.25) is 11.8 Å². The van der Waals surface area contributed by atoms with Crippen molar-refractivity contribution in [2.45, 2.75) is 57.5 Å². The van der Waals surface area contributed by atoms with E-state index in [2.05, 4.69) is 29.8 Å². The van der Waals surface area contributed by atoms with Crippen LogP contribution in [0.15, 0.2) is 29.4 Å². The smallest absolute Gasteiger partial charge is 0.265 e. The molecular formula is C21H29ClN4O4S. The van der Waals surface area contributed by atoms with E-state index in [-0.39, 0.29) is 28.7 Å². The second kappa shape index (κ2) is 8.80. The first-order valence-corrected chi connectivity index (χ1v) is 12.0. The fraction of sp³-hybridized carbons (Fsp3) is 0.524. The molecule has 3 rings (SSSR count). The van der Waals surface area contributed by atoms with Gasteiger partial charge in [0.25, 0.3) is 10.0 Å². The number of amides is 2. The van der Waals surface area contributed by atoms with Crippen molar-refractivity contribution in [2.24, 2.45) is 5.41 Å². The van der Waals surface area contributed by atoms with Gasteiger partial charge in [-0.1, -0.05) is 25.4 Å². The standard InChI is InChI=1S/C21H29ClN4O4S/c1-13-9-15(22)10-14(2)19(13)31(29,30)26-8-7-24-20(28)16(26)11-18(27)25-17-5-6-23-12-21(17,3)4/h7-10,16-17,23H,5-6,11-12H2,1-4H3,(H,24,28)(H,25,27)/t16-,17-/m1/s1. The lowest BCUT2D eigenvalue weighted by atomic mass is 9.80. The van der Waals surface area contributed by atoms with Crippen LogP contribution in [0.1, 0.15) is 37.8 Å². The monoisotopic (exact) mass is 468 g/mol. The van der Waals surface area contributed by atoms with Gasteiger partial charge in [-0.25, -0.2) is 8.42 Å². The van der Waals surface area contributed by atoms with Crippen molar-refractivity contribution in [3.8, 4) is 0 Å². The number of rotatable bonds is 5. The van der Waals surface area contributed by atoms with Crippen LogP contribution in [0.2, 0.25) is 5.02 Å². The molecule has 1 aromatic rings. The van der Waals surface area contributed by atoms with E-state index in [0.29, 0.717) is 16.1 Å². The average Bonchev–Trinajstić information content (AvgIpc) is 2.63. The topological polar surface area (TPSA) is 108 Å². The number of sulfonamides is 1. The number of nitrogens with zero attached hydrogens (tertiary/aromatic N) is 1. The van der Waals surface area contributed by atoms with Crippen molar-refractivity contribution < 1.29 is 18.0 Å². The van der Waals surface area contributed by atoms with E-state index in [1.54, 1.807) is 26.0 Å². The molecule has 0 aromatic heterocycles. The summed E-state index contributed by atoms with van der Waals surface area (Å²) in [5.74, 6) is -0.907. The minimum absolute atomic E-state index is 0.0609. The Kier molecular flexibility index (Phi) is 6.69. The van der Waals surface area contributed by atoms with Crippen molar-refractivity contribution in [1.82, 2.24) is 20.3 Å². The van der Waals surface area contributed by atoms with Gasteiger partial charge < -0.3 is 16.0 Å². The zero-order valence-electron chi connectivity index (χ0n) is 18.2. The van der Waals surface area contributed by atoms with Crippen LogP contribution < -0.4 is 16.0 Å². The molecule has 2 aliphatic heterocycles. The van der Waals surface area contributed by atoms with Gasteiger partial charge in [0, 0.05) is 30.0 Å². The highest BCUT2D eigenvalue weighted by molar-refractivity contribution is 7.89. The molecule has 1 fully saturated rings. The minimum atomic E-state index is -4.09. The number of carbonyl (C=O) groups is 2. The van der Waals surface area contributed by atoms with E-state index in [1.165, 1.54) is 12.4 Å². The molecule has 0 bridgehead atoms. The fourth-order valence-corrected chi connectivity index (χ4v) is 6.41. The number of piperidine rings is 1. The normalized spacial score (nSPS) is 23.4. The molecule has 0 unspecified atom stereocenters. The first-order chi connectivity index (χ1) is 14.4. The third kappa shape index (κ3) is 4.88. The highest BCUT2D eigenvalue weighted by atomic mass is 35.5. The van der Waals surface area contributed by atoms with Gasteiger partial charge in [0.05, 0.1) is 11.3 Å². The zero-order chi connectivity index (χ0) is 23.0. The minimum Gasteiger partial charge on any atom is -0.353 e. The summed E-state index contributed by atoms with van der Waals surface area (Å²) < 4.78 is 27.9. The van der Waals surface area contributed by atoms with Gasteiger partial charge in [-0.2, -0.15) is 0 Å². The molecule has 31 heavy (non-hydrogen) atoms. The van der Waals surface area contributed by atoms with Crippen LogP contribution in [-0.2, 0) is 19.6 Å². The predicted octanol–water partition coefficient (Wildman–Crippen LogP) is 1.81. The molecule has 2 heterocycles. The van der Waals surface area contributed by atoms with Crippen LogP contribution in [0, 0.1) is 19.3 Å². The van der Waals surface area contributed by atoms with Crippen LogP contribution in [0.5, 0.6) is 0 Å². The summed E-state index contributed by atoms with van der Waals surface area (Å²) in [7, 11) is -4.09. The quantitative estimate of drug-likeness (QED) is 0.610. The number of carbonyl (C=O) groups excluding carboxylic acids is 2. The van der Waals surface area contributed by atoms with Crippen LogP contribution >= 0.6 is 11.6 Å². The summed E-state index contributed by atoms with van der Waals surface area (Å²) in [5.41, 5.74) is 0.805. The fourth-order valence-electron chi connectivity index (χ4n) is 4.22. The molecule has 0 aliphatic carbocycles. The lowest BCUT2D eigenvalue weighted by molar-refractivity contribution is -0.130. The highest BCUT2D eigenvalue weighted by Crippen LogP contribution is 2.30. The van der Waals surface area contributed by atoms with Gasteiger partial charge in [0.15, 0.2) is 0 Å². The van der Waals surface area contributed by atoms with Crippen molar-refractivity contribution >= 4 is 33.4 Å². The molecule has 10 heteroatoms. The second-order valence-corrected chi connectivity index (χ2v) is 11.0. The van der Waals surface area contributed by atoms with Gasteiger partial charge in [0.1, 0.15) is 6.04 Å². The largest absolute Gasteiger partial charge is 0.353 e. The van der Waals surface area contributed by atoms with Crippen LogP contribution in [0.4, 0.5) is 0 Å². The Bertz CT molecular complexity index is 999. The number of aryl methyl sites for hydroxylation is 2. The summed E-state index contributed by atoms with van der Waals surface area (Å²) in [6.45, 7) is 8.98. The van der Waals surface area contributed by atoms with Gasteiger partial charge in [-0.3, -0.25) is 13.9 Å². The van der Waals surface area contributed by atoms with E-state index in [9.17, 15) is 18.0 Å². The van der Waals surface area contributed by atoms with Crippen molar-refractivity contribution in [2.75, 3.05) is 13.1 Å². The van der Waals surface area contributed by atoms with E-state index < -0.39 is 22.0 Å². The van der Waals surface area contributed by atoms with E-state index in [4.69, 9.17) is 11.6 Å². The maximum atomic E-state index is 13.5. The summed E-state index contributed by atoms with van der Waals surface area (Å²) in [6, 6.07) is 1.88. The first kappa shape index (κ1) is 23.6. The summed E-state index contributed by atoms with van der Waals surface area (Å²) in [5, 5.41) is 9.25. The third-order valence-corrected chi connectivity index (χ3v) is 8.17. The molecule has 0 spiro atoms. The first-order valence-electron chi connectivity index (χ1n) is 10.2. The molecule has 0 saturated carbocycles. The van der Waals surface area contributed by atoms with E-state index >= 15 is 0 Å². The highest BCUT2D eigenvalue weighted by Gasteiger charge is 2.39. The number of nitrogens with one attached hydrogen (secondary N) is 3. The average molecular weight is 469 g/mol. The molecular weight excluding hydrogens is 440 g/mol. The number of hydrogen-bond acceptors (Lipinski definition) is 5. The number of halogens is 1. The van der Waals surface area contributed by atoms with E-state index in [1.807, 2.05) is 0 Å². The molecule has 1 aromatic carbocycles. The number of benzene rings is 1. The van der Waals surface area contributed by atoms with Gasteiger partial charge in [-0.15, -0.1) is 0 Å². The summed E-state index contributed by atoms with van der Waals surface area (Å²) in [6.07, 6.45) is 3.04. The molecule has 2 aliphatic rings. The Hall–Kier alpha value is -2.10. The predicted molar refractivity (Wildman–Crippen MR) is 119 cm³/mol. The second-order valence-electron chi connectivity index (χ2n) is 8.82. The van der Waals surface area contributed by atoms with Crippen LogP contribution in [-0.4, -0.2) is 49.7 Å². The Morgan fingerprint density at radius 2 is 1.94 bits per heavy atom. The Labute approximate surface area is 188 Å². The number of hydrogen-bond donors (Lipinski definition) is 3. The maximum Gasteiger partial charge on any atom is 0.265 e. The molecule has 170 valence electrons. The Morgan fingerprint density at radius 1 is 1.29 bits per heavy atom. The zero-order valence-corrected chi connectivity index (χ0v) is 19.7. The van der Waals surface area contributed by atoms with E-state index in [0.717, 1.165) is 23.8 Å². The van der Waals surface area contributed by atoms with Gasteiger partial charge in [-0.05, 0) is 55.5 Å². The Morgan fingerprint density at radius 3 is 2.55 bits per heavy atom. The third-order valence-electron chi connectivity index (χ3n) is 5.87. The molecule has 1 saturated heterocycles. The van der Waals surface area contributed by atoms with Crippen LogP contribution in [0.25, 0.3) is 0 Å². The summed E-state index contributed by atoms with van der Waals surface area (Å²) >= 11 is 6.05. The maximum absolute atomic E-state index is 13.5. The van der Waals surface area contributed by atoms with Crippen molar-refractivity contribution in [1.29, 1.82) is 0 Å². The SMILES string of the molecule is Cc1cc(Cl)cc(C)c1S(=O)(=O)N1C=CNC(=O)[C@H]1CC(=O)N[C@@H]1CCNCC1(C)C. The van der Waals surface area contributed by atoms with Crippen molar-refractivity contribution in [3.05, 3.63) is 40.7 Å². The molecule has 2 amide bonds. The van der Waals surface area contributed by atoms with Gasteiger partial charge >= 0.3 is 0 Å². The molecule has 0 radical (unpaired) electrons. The Balaban J connectivity index is 1.86. The molecule has 8 nitrogen and oxygen atoms in total. The molecule has 3 N–H and O–H groups in total. The van der Waals surface area contributed by atoms with Crippen molar-refractivity contribution in [3.63, 3.8) is 0 Å². The van der Waals surface area contributed by atoms with Crippen LogP contribution in [0.3, 0.4) is 0 Å². The lowest BCUT2D eigenvalue weighted by Gasteiger charge is -2.40. The molecule has 2 atom stereocenters. The lowest BCUT2D eigenvalue weighted by Crippen LogP contribution is -2.56.